The highest BCUT2D eigenvalue weighted by Crippen LogP contribution is 2.10. The Morgan fingerprint density at radius 1 is 1.24 bits per heavy atom. The van der Waals surface area contributed by atoms with E-state index < -0.39 is 23.1 Å². The third kappa shape index (κ3) is 7.57. The summed E-state index contributed by atoms with van der Waals surface area (Å²) in [5, 5.41) is 20.9. The summed E-state index contributed by atoms with van der Waals surface area (Å²) in [5.41, 5.74) is -1.81. The highest BCUT2D eigenvalue weighted by Gasteiger charge is 2.27. The van der Waals surface area contributed by atoms with Crippen LogP contribution in [0.4, 0.5) is 4.79 Å². The predicted octanol–water partition coefficient (Wildman–Crippen LogP) is 0.652. The molecule has 0 aromatic rings. The van der Waals surface area contributed by atoms with E-state index in [1.54, 1.807) is 34.7 Å². The van der Waals surface area contributed by atoms with Gasteiger partial charge in [0.1, 0.15) is 0 Å². The number of amides is 2. The summed E-state index contributed by atoms with van der Waals surface area (Å²) in [4.78, 5) is 23.6. The number of urea groups is 1. The molecular weight excluding hydrogens is 224 g/mol. The topological polar surface area (TPSA) is 89.9 Å². The van der Waals surface area contributed by atoms with E-state index in [0.29, 0.717) is 0 Å². The van der Waals surface area contributed by atoms with Gasteiger partial charge in [0.25, 0.3) is 0 Å². The third-order valence-corrected chi connectivity index (χ3v) is 2.01. The molecule has 0 fully saturated rings. The summed E-state index contributed by atoms with van der Waals surface area (Å²) in [6.07, 6.45) is -0.158. The molecule has 0 aliphatic carbocycles. The van der Waals surface area contributed by atoms with Gasteiger partial charge in [-0.05, 0) is 27.7 Å². The molecule has 6 heteroatoms. The van der Waals surface area contributed by atoms with E-state index in [2.05, 4.69) is 5.32 Å². The molecule has 100 valence electrons. The van der Waals surface area contributed by atoms with Crippen molar-refractivity contribution >= 4 is 12.0 Å². The molecule has 0 radical (unpaired) electrons. The second-order valence-corrected chi connectivity index (χ2v) is 5.55. The molecule has 0 unspecified atom stereocenters. The molecule has 0 aromatic carbocycles. The number of hydrogen-bond donors (Lipinski definition) is 3. The second kappa shape index (κ2) is 5.35. The Morgan fingerprint density at radius 3 is 2.06 bits per heavy atom. The Morgan fingerprint density at radius 2 is 1.71 bits per heavy atom. The molecule has 0 atom stereocenters. The maximum Gasteiger partial charge on any atom is 0.317 e. The lowest BCUT2D eigenvalue weighted by atomic mass is 10.0. The summed E-state index contributed by atoms with van der Waals surface area (Å²) in [7, 11) is 1.55. The smallest absolute Gasteiger partial charge is 0.317 e. The van der Waals surface area contributed by atoms with Gasteiger partial charge in [0, 0.05) is 12.6 Å². The zero-order chi connectivity index (χ0) is 13.9. The second-order valence-electron chi connectivity index (χ2n) is 5.55. The van der Waals surface area contributed by atoms with Gasteiger partial charge in [-0.1, -0.05) is 0 Å². The molecule has 0 saturated heterocycles. The van der Waals surface area contributed by atoms with Crippen LogP contribution in [0.1, 0.15) is 34.1 Å². The van der Waals surface area contributed by atoms with Crippen molar-refractivity contribution in [3.05, 3.63) is 0 Å². The lowest BCUT2D eigenvalue weighted by Gasteiger charge is -2.30. The summed E-state index contributed by atoms with van der Waals surface area (Å²) in [5.74, 6) is -0.972. The van der Waals surface area contributed by atoms with Gasteiger partial charge < -0.3 is 20.4 Å². The Hall–Kier alpha value is -1.30. The summed E-state index contributed by atoms with van der Waals surface area (Å²) in [6, 6.07) is -0.404. The van der Waals surface area contributed by atoms with Crippen LogP contribution in [0.25, 0.3) is 0 Å². The van der Waals surface area contributed by atoms with Gasteiger partial charge in [0.2, 0.25) is 0 Å². The van der Waals surface area contributed by atoms with Gasteiger partial charge in [-0.15, -0.1) is 0 Å². The maximum absolute atomic E-state index is 11.7. The fourth-order valence-electron chi connectivity index (χ4n) is 1.46. The number of carboxylic acids is 1. The zero-order valence-corrected chi connectivity index (χ0v) is 11.1. The van der Waals surface area contributed by atoms with Crippen molar-refractivity contribution < 1.29 is 19.8 Å². The zero-order valence-electron chi connectivity index (χ0n) is 11.1. The highest BCUT2D eigenvalue weighted by molar-refractivity contribution is 5.76. The van der Waals surface area contributed by atoms with Crippen LogP contribution in [0, 0.1) is 0 Å². The first-order valence-corrected chi connectivity index (χ1v) is 5.40. The Balaban J connectivity index is 4.39. The standard InChI is InChI=1S/C11H22N2O4/c1-10(2,6-8(14)15)12-9(16)13(5)7-11(3,4)17/h17H,6-7H2,1-5H3,(H,12,16)(H,14,15). The van der Waals surface area contributed by atoms with E-state index in [-0.39, 0.29) is 13.0 Å². The number of carboxylic acid groups (broad SMARTS) is 1. The van der Waals surface area contributed by atoms with Crippen LogP contribution < -0.4 is 5.32 Å². The number of carbonyl (C=O) groups excluding carboxylic acids is 1. The summed E-state index contributed by atoms with van der Waals surface area (Å²) < 4.78 is 0. The molecule has 0 aliphatic rings. The molecule has 0 rings (SSSR count). The molecule has 6 nitrogen and oxygen atoms in total. The van der Waals surface area contributed by atoms with Crippen LogP contribution in [0.3, 0.4) is 0 Å². The number of nitrogens with zero attached hydrogens (tertiary/aromatic N) is 1. The molecular formula is C11H22N2O4. The number of carbonyl (C=O) groups is 2. The largest absolute Gasteiger partial charge is 0.481 e. The number of hydrogen-bond acceptors (Lipinski definition) is 3. The number of nitrogens with one attached hydrogen (secondary N) is 1. The van der Waals surface area contributed by atoms with Gasteiger partial charge in [-0.25, -0.2) is 4.79 Å². The first-order chi connectivity index (χ1) is 7.43. The Bertz CT molecular complexity index is 294. The van der Waals surface area contributed by atoms with E-state index >= 15 is 0 Å². The van der Waals surface area contributed by atoms with Crippen molar-refractivity contribution in [1.29, 1.82) is 0 Å². The van der Waals surface area contributed by atoms with Crippen molar-refractivity contribution in [3.8, 4) is 0 Å². The molecule has 2 amide bonds. The fraction of sp³-hybridized carbons (Fsp3) is 0.818. The summed E-state index contributed by atoms with van der Waals surface area (Å²) in [6.45, 7) is 6.63. The van der Waals surface area contributed by atoms with Crippen molar-refractivity contribution in [2.24, 2.45) is 0 Å². The minimum Gasteiger partial charge on any atom is -0.481 e. The minimum atomic E-state index is -0.983. The van der Waals surface area contributed by atoms with Gasteiger partial charge in [-0.2, -0.15) is 0 Å². The van der Waals surface area contributed by atoms with Crippen LogP contribution in [0.5, 0.6) is 0 Å². The quantitative estimate of drug-likeness (QED) is 0.664. The van der Waals surface area contributed by atoms with Gasteiger partial charge >= 0.3 is 12.0 Å². The minimum absolute atomic E-state index is 0.158. The van der Waals surface area contributed by atoms with Crippen molar-refractivity contribution in [3.63, 3.8) is 0 Å². The molecule has 3 N–H and O–H groups in total. The number of aliphatic hydroxyl groups is 1. The van der Waals surface area contributed by atoms with E-state index in [9.17, 15) is 14.7 Å². The monoisotopic (exact) mass is 246 g/mol. The molecule has 0 spiro atoms. The molecule has 0 aromatic heterocycles. The first-order valence-electron chi connectivity index (χ1n) is 5.40. The fourth-order valence-corrected chi connectivity index (χ4v) is 1.46. The predicted molar refractivity (Wildman–Crippen MR) is 63.8 cm³/mol. The average Bonchev–Trinajstić information content (AvgIpc) is 1.96. The van der Waals surface area contributed by atoms with Crippen molar-refractivity contribution in [2.75, 3.05) is 13.6 Å². The summed E-state index contributed by atoms with van der Waals surface area (Å²) >= 11 is 0. The lowest BCUT2D eigenvalue weighted by molar-refractivity contribution is -0.138. The molecule has 0 saturated carbocycles. The third-order valence-electron chi connectivity index (χ3n) is 2.01. The van der Waals surface area contributed by atoms with Crippen LogP contribution in [-0.2, 0) is 4.79 Å². The van der Waals surface area contributed by atoms with Crippen LogP contribution >= 0.6 is 0 Å². The van der Waals surface area contributed by atoms with E-state index in [4.69, 9.17) is 5.11 Å². The van der Waals surface area contributed by atoms with Gasteiger partial charge in [-0.3, -0.25) is 4.79 Å². The van der Waals surface area contributed by atoms with E-state index in [1.165, 1.54) is 4.90 Å². The number of likely N-dealkylation sites (N-methyl/N-ethyl adjacent to an activating group) is 1. The van der Waals surface area contributed by atoms with Gasteiger partial charge in [0.15, 0.2) is 0 Å². The first kappa shape index (κ1) is 15.7. The molecule has 17 heavy (non-hydrogen) atoms. The molecule has 0 aliphatic heterocycles. The van der Waals surface area contributed by atoms with Crippen molar-refractivity contribution in [2.45, 2.75) is 45.3 Å². The Labute approximate surface area is 102 Å². The number of rotatable bonds is 5. The number of aliphatic carboxylic acids is 1. The normalized spacial score (nSPS) is 12.1. The van der Waals surface area contributed by atoms with E-state index in [1.807, 2.05) is 0 Å². The SMILES string of the molecule is CN(CC(C)(C)O)C(=O)NC(C)(C)CC(=O)O. The lowest BCUT2D eigenvalue weighted by Crippen LogP contribution is -2.52. The van der Waals surface area contributed by atoms with Gasteiger partial charge in [0.05, 0.1) is 18.6 Å². The Kier molecular flexibility index (Phi) is 4.94. The molecule has 0 bridgehead atoms. The van der Waals surface area contributed by atoms with E-state index in [0.717, 1.165) is 0 Å². The van der Waals surface area contributed by atoms with Crippen LogP contribution in [-0.4, -0.2) is 51.8 Å². The van der Waals surface area contributed by atoms with Crippen molar-refractivity contribution in [1.82, 2.24) is 10.2 Å². The van der Waals surface area contributed by atoms with Crippen LogP contribution in [0.15, 0.2) is 0 Å². The highest BCUT2D eigenvalue weighted by atomic mass is 16.4. The average molecular weight is 246 g/mol. The molecule has 0 heterocycles. The van der Waals surface area contributed by atoms with Crippen LogP contribution in [0.2, 0.25) is 0 Å². The maximum atomic E-state index is 11.7.